The lowest BCUT2D eigenvalue weighted by Crippen LogP contribution is -2.34. The lowest BCUT2D eigenvalue weighted by Gasteiger charge is -2.32. The van der Waals surface area contributed by atoms with Gasteiger partial charge in [-0.25, -0.2) is 4.79 Å². The SMILES string of the molecule is CC1CCN(c2cccc(NC(=O)N[C@@H](CO)c3ccco3)c2)CC1. The summed E-state index contributed by atoms with van der Waals surface area (Å²) >= 11 is 0. The third-order valence-electron chi connectivity index (χ3n) is 4.63. The van der Waals surface area contributed by atoms with Crippen molar-refractivity contribution in [3.8, 4) is 0 Å². The van der Waals surface area contributed by atoms with E-state index < -0.39 is 6.04 Å². The molecular weight excluding hydrogens is 318 g/mol. The van der Waals surface area contributed by atoms with Crippen molar-refractivity contribution in [2.24, 2.45) is 5.92 Å². The van der Waals surface area contributed by atoms with Crippen LogP contribution in [0.3, 0.4) is 0 Å². The van der Waals surface area contributed by atoms with Crippen LogP contribution in [0.4, 0.5) is 16.2 Å². The molecule has 1 aromatic heterocycles. The summed E-state index contributed by atoms with van der Waals surface area (Å²) in [4.78, 5) is 14.6. The smallest absolute Gasteiger partial charge is 0.319 e. The van der Waals surface area contributed by atoms with E-state index in [-0.39, 0.29) is 12.6 Å². The molecule has 1 aliphatic rings. The average Bonchev–Trinajstić information content (AvgIpc) is 3.15. The van der Waals surface area contributed by atoms with Gasteiger partial charge in [-0.3, -0.25) is 0 Å². The Kier molecular flexibility index (Phi) is 5.60. The minimum absolute atomic E-state index is 0.229. The number of urea groups is 1. The molecule has 2 amide bonds. The van der Waals surface area contributed by atoms with Crippen LogP contribution in [0.5, 0.6) is 0 Å². The van der Waals surface area contributed by atoms with Gasteiger partial charge in [-0.15, -0.1) is 0 Å². The van der Waals surface area contributed by atoms with Crippen molar-refractivity contribution in [2.45, 2.75) is 25.8 Å². The van der Waals surface area contributed by atoms with Crippen LogP contribution >= 0.6 is 0 Å². The number of carbonyl (C=O) groups excluding carboxylic acids is 1. The fourth-order valence-electron chi connectivity index (χ4n) is 3.07. The number of nitrogens with one attached hydrogen (secondary N) is 2. The Morgan fingerprint density at radius 2 is 2.12 bits per heavy atom. The van der Waals surface area contributed by atoms with Gasteiger partial charge in [0.15, 0.2) is 0 Å². The van der Waals surface area contributed by atoms with Crippen molar-refractivity contribution in [1.29, 1.82) is 0 Å². The van der Waals surface area contributed by atoms with Crippen molar-refractivity contribution in [3.63, 3.8) is 0 Å². The van der Waals surface area contributed by atoms with Gasteiger partial charge in [0.25, 0.3) is 0 Å². The van der Waals surface area contributed by atoms with Crippen LogP contribution in [0.15, 0.2) is 47.1 Å². The predicted octanol–water partition coefficient (Wildman–Crippen LogP) is 3.37. The Morgan fingerprint density at radius 1 is 1.32 bits per heavy atom. The van der Waals surface area contributed by atoms with Crippen LogP contribution in [0.25, 0.3) is 0 Å². The van der Waals surface area contributed by atoms with Gasteiger partial charge >= 0.3 is 6.03 Å². The molecule has 2 aromatic rings. The highest BCUT2D eigenvalue weighted by molar-refractivity contribution is 5.90. The zero-order chi connectivity index (χ0) is 17.6. The van der Waals surface area contributed by atoms with Crippen LogP contribution in [-0.2, 0) is 0 Å². The zero-order valence-corrected chi connectivity index (χ0v) is 14.4. The molecule has 1 atom stereocenters. The number of nitrogens with zero attached hydrogens (tertiary/aromatic N) is 1. The molecule has 6 heteroatoms. The van der Waals surface area contributed by atoms with Crippen LogP contribution in [0, 0.1) is 5.92 Å². The first-order chi connectivity index (χ1) is 12.2. The summed E-state index contributed by atoms with van der Waals surface area (Å²) in [6.07, 6.45) is 3.90. The Morgan fingerprint density at radius 3 is 2.80 bits per heavy atom. The number of aliphatic hydroxyl groups excluding tert-OH is 1. The second-order valence-electron chi connectivity index (χ2n) is 6.57. The fourth-order valence-corrected chi connectivity index (χ4v) is 3.07. The Hall–Kier alpha value is -2.47. The number of anilines is 2. The zero-order valence-electron chi connectivity index (χ0n) is 14.4. The molecule has 0 saturated carbocycles. The quantitative estimate of drug-likeness (QED) is 0.778. The van der Waals surface area contributed by atoms with Crippen LogP contribution in [0.2, 0.25) is 0 Å². The highest BCUT2D eigenvalue weighted by Gasteiger charge is 2.18. The van der Waals surface area contributed by atoms with Gasteiger partial charge in [0.05, 0.1) is 12.9 Å². The number of carbonyl (C=O) groups is 1. The maximum atomic E-state index is 12.2. The van der Waals surface area contributed by atoms with E-state index in [0.29, 0.717) is 5.76 Å². The molecule has 6 nitrogen and oxygen atoms in total. The number of amides is 2. The molecule has 3 rings (SSSR count). The first-order valence-corrected chi connectivity index (χ1v) is 8.72. The molecule has 0 unspecified atom stereocenters. The van der Waals surface area contributed by atoms with Crippen molar-refractivity contribution < 1.29 is 14.3 Å². The Labute approximate surface area is 147 Å². The van der Waals surface area contributed by atoms with E-state index in [1.165, 1.54) is 19.1 Å². The fraction of sp³-hybridized carbons (Fsp3) is 0.421. The number of benzene rings is 1. The minimum atomic E-state index is -0.568. The lowest BCUT2D eigenvalue weighted by molar-refractivity contribution is 0.215. The number of aliphatic hydroxyl groups is 1. The van der Waals surface area contributed by atoms with Gasteiger partial charge in [0, 0.05) is 24.5 Å². The van der Waals surface area contributed by atoms with Crippen LogP contribution in [-0.4, -0.2) is 30.8 Å². The van der Waals surface area contributed by atoms with Gasteiger partial charge in [-0.05, 0) is 49.1 Å². The van der Waals surface area contributed by atoms with E-state index in [2.05, 4.69) is 28.5 Å². The first kappa shape index (κ1) is 17.4. The second kappa shape index (κ2) is 8.07. The molecule has 25 heavy (non-hydrogen) atoms. The number of piperidine rings is 1. The predicted molar refractivity (Wildman–Crippen MR) is 97.7 cm³/mol. The molecule has 134 valence electrons. The van der Waals surface area contributed by atoms with Gasteiger partial charge in [0.1, 0.15) is 11.8 Å². The Balaban J connectivity index is 1.60. The molecule has 1 saturated heterocycles. The van der Waals surface area contributed by atoms with Crippen LogP contribution in [0.1, 0.15) is 31.6 Å². The number of furan rings is 1. The number of hydrogen-bond donors (Lipinski definition) is 3. The molecule has 1 fully saturated rings. The van der Waals surface area contributed by atoms with E-state index in [1.807, 2.05) is 18.2 Å². The van der Waals surface area contributed by atoms with Crippen molar-refractivity contribution in [1.82, 2.24) is 5.32 Å². The van der Waals surface area contributed by atoms with E-state index in [9.17, 15) is 9.90 Å². The summed E-state index contributed by atoms with van der Waals surface area (Å²) in [7, 11) is 0. The molecule has 3 N–H and O–H groups in total. The average molecular weight is 343 g/mol. The maximum Gasteiger partial charge on any atom is 0.319 e. The maximum absolute atomic E-state index is 12.2. The second-order valence-corrected chi connectivity index (χ2v) is 6.57. The van der Waals surface area contributed by atoms with Gasteiger partial charge in [-0.2, -0.15) is 0 Å². The highest BCUT2D eigenvalue weighted by atomic mass is 16.3. The summed E-state index contributed by atoms with van der Waals surface area (Å²) in [5, 5.41) is 15.0. The standard InChI is InChI=1S/C19H25N3O3/c1-14-7-9-22(10-8-14)16-5-2-4-15(12-16)20-19(24)21-17(13-23)18-6-3-11-25-18/h2-6,11-12,14,17,23H,7-10,13H2,1H3,(H2,20,21,24)/t17-/m0/s1. The van der Waals surface area contributed by atoms with E-state index in [1.54, 1.807) is 12.1 Å². The largest absolute Gasteiger partial charge is 0.467 e. The summed E-state index contributed by atoms with van der Waals surface area (Å²) in [5.74, 6) is 1.30. The molecule has 2 heterocycles. The number of hydrogen-bond acceptors (Lipinski definition) is 4. The van der Waals surface area contributed by atoms with Crippen molar-refractivity contribution in [3.05, 3.63) is 48.4 Å². The van der Waals surface area contributed by atoms with Gasteiger partial charge in [0.2, 0.25) is 0 Å². The summed E-state index contributed by atoms with van der Waals surface area (Å²) in [6.45, 7) is 4.15. The normalized spacial score (nSPS) is 16.5. The first-order valence-electron chi connectivity index (χ1n) is 8.72. The molecule has 0 radical (unpaired) electrons. The molecule has 0 bridgehead atoms. The third-order valence-corrected chi connectivity index (χ3v) is 4.63. The van der Waals surface area contributed by atoms with E-state index in [4.69, 9.17) is 4.42 Å². The molecule has 1 aromatic carbocycles. The van der Waals surface area contributed by atoms with Gasteiger partial charge in [-0.1, -0.05) is 13.0 Å². The topological polar surface area (TPSA) is 77.7 Å². The van der Waals surface area contributed by atoms with Crippen molar-refractivity contribution in [2.75, 3.05) is 29.9 Å². The van der Waals surface area contributed by atoms with Crippen LogP contribution < -0.4 is 15.5 Å². The highest BCUT2D eigenvalue weighted by Crippen LogP contribution is 2.25. The van der Waals surface area contributed by atoms with Gasteiger partial charge < -0.3 is 25.1 Å². The lowest BCUT2D eigenvalue weighted by atomic mass is 9.99. The number of rotatable bonds is 5. The summed E-state index contributed by atoms with van der Waals surface area (Å²) in [6, 6.07) is 10.4. The monoisotopic (exact) mass is 343 g/mol. The van der Waals surface area contributed by atoms with Crippen molar-refractivity contribution >= 4 is 17.4 Å². The molecule has 0 spiro atoms. The minimum Gasteiger partial charge on any atom is -0.467 e. The molecule has 1 aliphatic heterocycles. The Bertz CT molecular complexity index is 679. The summed E-state index contributed by atoms with van der Waals surface area (Å²) < 4.78 is 5.24. The molecule has 0 aliphatic carbocycles. The van der Waals surface area contributed by atoms with E-state index in [0.717, 1.165) is 30.4 Å². The molecular formula is C19H25N3O3. The summed E-state index contributed by atoms with van der Waals surface area (Å²) in [5.41, 5.74) is 1.85. The third kappa shape index (κ3) is 4.54. The van der Waals surface area contributed by atoms with E-state index >= 15 is 0 Å².